The van der Waals surface area contributed by atoms with Crippen molar-refractivity contribution < 1.29 is 4.92 Å². The summed E-state index contributed by atoms with van der Waals surface area (Å²) in [6.45, 7) is 1.69. The first-order chi connectivity index (χ1) is 6.07. The molecule has 0 radical (unpaired) electrons. The van der Waals surface area contributed by atoms with Crippen molar-refractivity contribution in [2.75, 3.05) is 0 Å². The zero-order valence-corrected chi connectivity index (χ0v) is 9.22. The minimum absolute atomic E-state index is 0.112. The summed E-state index contributed by atoms with van der Waals surface area (Å²) < 4.78 is 0.719. The summed E-state index contributed by atoms with van der Waals surface area (Å²) in [4.78, 5) is 10.1. The third-order valence-electron chi connectivity index (χ3n) is 1.78. The Kier molecular flexibility index (Phi) is 3.27. The van der Waals surface area contributed by atoms with Gasteiger partial charge in [-0.3, -0.25) is 10.1 Å². The summed E-state index contributed by atoms with van der Waals surface area (Å²) in [5, 5.41) is 10.5. The van der Waals surface area contributed by atoms with Crippen LogP contribution in [0.2, 0.25) is 0 Å². The van der Waals surface area contributed by atoms with Crippen molar-refractivity contribution in [1.82, 2.24) is 0 Å². The Hall–Kier alpha value is -0.610. The Bertz CT molecular complexity index is 354. The second kappa shape index (κ2) is 4.07. The predicted molar refractivity (Wildman–Crippen MR) is 55.1 cm³/mol. The van der Waals surface area contributed by atoms with Crippen LogP contribution in [0.4, 0.5) is 5.69 Å². The van der Waals surface area contributed by atoms with Gasteiger partial charge in [0.2, 0.25) is 0 Å². The third kappa shape index (κ3) is 2.00. The normalized spacial score (nSPS) is 10.1. The van der Waals surface area contributed by atoms with Crippen molar-refractivity contribution in [3.63, 3.8) is 0 Å². The topological polar surface area (TPSA) is 43.1 Å². The maximum absolute atomic E-state index is 10.5. The first-order valence-electron chi connectivity index (χ1n) is 3.56. The smallest absolute Gasteiger partial charge is 0.258 e. The molecule has 0 aliphatic rings. The highest BCUT2D eigenvalue weighted by atomic mass is 79.9. The summed E-state index contributed by atoms with van der Waals surface area (Å²) in [6.07, 6.45) is 0. The Morgan fingerprint density at radius 1 is 1.62 bits per heavy atom. The summed E-state index contributed by atoms with van der Waals surface area (Å²) >= 11 is 8.91. The van der Waals surface area contributed by atoms with E-state index in [-0.39, 0.29) is 5.69 Å². The van der Waals surface area contributed by atoms with Crippen LogP contribution in [0.25, 0.3) is 0 Å². The van der Waals surface area contributed by atoms with Gasteiger partial charge in [-0.05, 0) is 34.5 Å². The van der Waals surface area contributed by atoms with E-state index in [1.54, 1.807) is 13.0 Å². The zero-order chi connectivity index (χ0) is 10.0. The molecule has 0 atom stereocenters. The van der Waals surface area contributed by atoms with Crippen molar-refractivity contribution in [1.29, 1.82) is 0 Å². The van der Waals surface area contributed by atoms with Crippen LogP contribution < -0.4 is 0 Å². The second-order valence-corrected chi connectivity index (χ2v) is 3.63. The number of nitro groups is 1. The van der Waals surface area contributed by atoms with Crippen LogP contribution in [0, 0.1) is 17.0 Å². The molecule has 0 bridgehead atoms. The summed E-state index contributed by atoms with van der Waals surface area (Å²) in [6, 6.07) is 3.13. The SMILES string of the molecule is Cc1c([N+](=O)[O-])ccc(CCl)c1Br. The molecule has 0 unspecified atom stereocenters. The van der Waals surface area contributed by atoms with Gasteiger partial charge in [-0.1, -0.05) is 0 Å². The number of hydrogen-bond acceptors (Lipinski definition) is 2. The Morgan fingerprint density at radius 2 is 2.23 bits per heavy atom. The highest BCUT2D eigenvalue weighted by Gasteiger charge is 2.14. The molecule has 0 aromatic heterocycles. The molecule has 1 aromatic carbocycles. The fraction of sp³-hybridized carbons (Fsp3) is 0.250. The van der Waals surface area contributed by atoms with Crippen LogP contribution in [0.5, 0.6) is 0 Å². The summed E-state index contributed by atoms with van der Waals surface area (Å²) in [7, 11) is 0. The molecule has 0 aliphatic heterocycles. The molecule has 13 heavy (non-hydrogen) atoms. The van der Waals surface area contributed by atoms with Gasteiger partial charge >= 0.3 is 0 Å². The van der Waals surface area contributed by atoms with Gasteiger partial charge < -0.3 is 0 Å². The van der Waals surface area contributed by atoms with Gasteiger partial charge in [-0.25, -0.2) is 0 Å². The first kappa shape index (κ1) is 10.5. The lowest BCUT2D eigenvalue weighted by atomic mass is 10.1. The van der Waals surface area contributed by atoms with Crippen molar-refractivity contribution >= 4 is 33.2 Å². The molecule has 1 aromatic rings. The van der Waals surface area contributed by atoms with Gasteiger partial charge in [-0.15, -0.1) is 11.6 Å². The van der Waals surface area contributed by atoms with Gasteiger partial charge in [0.05, 0.1) is 4.92 Å². The Balaban J connectivity index is 3.31. The van der Waals surface area contributed by atoms with Crippen LogP contribution >= 0.6 is 27.5 Å². The Labute approximate surface area is 89.0 Å². The Morgan fingerprint density at radius 3 is 2.69 bits per heavy atom. The van der Waals surface area contributed by atoms with Gasteiger partial charge in [0.15, 0.2) is 0 Å². The molecule has 0 aliphatic carbocycles. The number of benzene rings is 1. The van der Waals surface area contributed by atoms with E-state index in [2.05, 4.69) is 15.9 Å². The predicted octanol–water partition coefficient (Wildman–Crippen LogP) is 3.40. The van der Waals surface area contributed by atoms with E-state index in [0.717, 1.165) is 10.0 Å². The highest BCUT2D eigenvalue weighted by molar-refractivity contribution is 9.10. The van der Waals surface area contributed by atoms with Gasteiger partial charge in [0, 0.05) is 22.0 Å². The molecule has 0 saturated carbocycles. The molecule has 1 rings (SSSR count). The van der Waals surface area contributed by atoms with Crippen LogP contribution in [-0.2, 0) is 5.88 Å². The molecule has 0 saturated heterocycles. The van der Waals surface area contributed by atoms with Gasteiger partial charge in [0.1, 0.15) is 0 Å². The number of nitrogens with zero attached hydrogens (tertiary/aromatic N) is 1. The zero-order valence-electron chi connectivity index (χ0n) is 6.88. The number of rotatable bonds is 2. The first-order valence-corrected chi connectivity index (χ1v) is 4.89. The molecule has 0 fully saturated rings. The number of halogens is 2. The quantitative estimate of drug-likeness (QED) is 0.467. The fourth-order valence-electron chi connectivity index (χ4n) is 1.03. The summed E-state index contributed by atoms with van der Waals surface area (Å²) in [5.41, 5.74) is 1.59. The largest absolute Gasteiger partial charge is 0.273 e. The maximum Gasteiger partial charge on any atom is 0.273 e. The molecular formula is C8H7BrClNO2. The monoisotopic (exact) mass is 263 g/mol. The van der Waals surface area contributed by atoms with Gasteiger partial charge in [0.25, 0.3) is 5.69 Å². The lowest BCUT2D eigenvalue weighted by molar-refractivity contribution is -0.385. The number of nitro benzene ring substituents is 1. The lowest BCUT2D eigenvalue weighted by Gasteiger charge is -2.03. The van der Waals surface area contributed by atoms with Crippen LogP contribution in [0.1, 0.15) is 11.1 Å². The van der Waals surface area contributed by atoms with Gasteiger partial charge in [-0.2, -0.15) is 0 Å². The molecule has 0 heterocycles. The second-order valence-electron chi connectivity index (χ2n) is 2.57. The summed E-state index contributed by atoms with van der Waals surface area (Å²) in [5.74, 6) is 0.347. The molecule has 0 N–H and O–H groups in total. The van der Waals surface area contributed by atoms with Crippen molar-refractivity contribution in [3.05, 3.63) is 37.8 Å². The number of hydrogen-bond donors (Lipinski definition) is 0. The molecule has 70 valence electrons. The minimum atomic E-state index is -0.405. The average molecular weight is 265 g/mol. The fourth-order valence-corrected chi connectivity index (χ4v) is 1.89. The average Bonchev–Trinajstić information content (AvgIpc) is 2.09. The number of alkyl halides is 1. The molecular weight excluding hydrogens is 257 g/mol. The third-order valence-corrected chi connectivity index (χ3v) is 3.17. The lowest BCUT2D eigenvalue weighted by Crippen LogP contribution is -1.94. The van der Waals surface area contributed by atoms with E-state index in [1.807, 2.05) is 0 Å². The van der Waals surface area contributed by atoms with E-state index in [1.165, 1.54) is 6.07 Å². The molecule has 5 heteroatoms. The maximum atomic E-state index is 10.5. The van der Waals surface area contributed by atoms with Crippen molar-refractivity contribution in [2.24, 2.45) is 0 Å². The molecule has 0 amide bonds. The molecule has 0 spiro atoms. The van der Waals surface area contributed by atoms with E-state index in [0.29, 0.717) is 11.4 Å². The van der Waals surface area contributed by atoms with E-state index in [4.69, 9.17) is 11.6 Å². The van der Waals surface area contributed by atoms with Crippen LogP contribution in [-0.4, -0.2) is 4.92 Å². The standard InChI is InChI=1S/C8H7BrClNO2/c1-5-7(11(12)13)3-2-6(4-10)8(5)9/h2-3H,4H2,1H3. The van der Waals surface area contributed by atoms with Crippen molar-refractivity contribution in [3.8, 4) is 0 Å². The van der Waals surface area contributed by atoms with E-state index >= 15 is 0 Å². The van der Waals surface area contributed by atoms with Crippen LogP contribution in [0.15, 0.2) is 16.6 Å². The highest BCUT2D eigenvalue weighted by Crippen LogP contribution is 2.29. The van der Waals surface area contributed by atoms with E-state index < -0.39 is 4.92 Å². The van der Waals surface area contributed by atoms with Crippen molar-refractivity contribution in [2.45, 2.75) is 12.8 Å². The van der Waals surface area contributed by atoms with E-state index in [9.17, 15) is 10.1 Å². The van der Waals surface area contributed by atoms with Crippen LogP contribution in [0.3, 0.4) is 0 Å². The minimum Gasteiger partial charge on any atom is -0.258 e. The molecule has 3 nitrogen and oxygen atoms in total.